The Balaban J connectivity index is 1.75. The van der Waals surface area contributed by atoms with E-state index in [9.17, 15) is 5.11 Å². The number of nitrogens with zero attached hydrogens (tertiary/aromatic N) is 3. The van der Waals surface area contributed by atoms with Gasteiger partial charge in [0.1, 0.15) is 22.5 Å². The molecule has 148 valence electrons. The van der Waals surface area contributed by atoms with E-state index >= 15 is 0 Å². The summed E-state index contributed by atoms with van der Waals surface area (Å²) in [6.07, 6.45) is -1.80. The van der Waals surface area contributed by atoms with E-state index in [2.05, 4.69) is 10.2 Å². The predicted molar refractivity (Wildman–Crippen MR) is 111 cm³/mol. The summed E-state index contributed by atoms with van der Waals surface area (Å²) in [5, 5.41) is 19.7. The summed E-state index contributed by atoms with van der Waals surface area (Å²) in [6.45, 7) is 4.21. The zero-order valence-corrected chi connectivity index (χ0v) is 16.4. The fraction of sp³-hybridized carbons (Fsp3) is 0.217. The number of fused-ring (bicyclic) bond motifs is 1. The predicted octanol–water partition coefficient (Wildman–Crippen LogP) is 4.20. The number of aliphatic hydroxyl groups excluding tert-OH is 1. The first-order valence-electron chi connectivity index (χ1n) is 9.60. The molecule has 6 heteroatoms. The van der Waals surface area contributed by atoms with E-state index in [0.717, 1.165) is 22.2 Å². The third-order valence-electron chi connectivity index (χ3n) is 4.60. The minimum Gasteiger partial charge on any atom is -0.478 e. The normalized spacial score (nSPS) is 13.3. The molecule has 0 saturated carbocycles. The summed E-state index contributed by atoms with van der Waals surface area (Å²) < 4.78 is 11.7. The second-order valence-electron chi connectivity index (χ2n) is 6.74. The van der Waals surface area contributed by atoms with Crippen LogP contribution in [0.3, 0.4) is 0 Å². The van der Waals surface area contributed by atoms with Crippen molar-refractivity contribution in [2.24, 2.45) is 0 Å². The van der Waals surface area contributed by atoms with Crippen molar-refractivity contribution < 1.29 is 14.6 Å². The fourth-order valence-corrected chi connectivity index (χ4v) is 3.18. The molecule has 1 aromatic heterocycles. The Hall–Kier alpha value is -3.22. The number of aromatic nitrogens is 3. The second-order valence-corrected chi connectivity index (χ2v) is 6.74. The van der Waals surface area contributed by atoms with Crippen molar-refractivity contribution >= 4 is 11.0 Å². The SMILES string of the molecule is CCOC(O)C(Oc1ccc(C)cc1-n1nc2ccccc2n1)c1ccccc1. The van der Waals surface area contributed by atoms with Gasteiger partial charge in [-0.1, -0.05) is 48.5 Å². The maximum absolute atomic E-state index is 10.6. The summed E-state index contributed by atoms with van der Waals surface area (Å²) in [5.74, 6) is 0.559. The smallest absolute Gasteiger partial charge is 0.196 e. The molecule has 2 unspecified atom stereocenters. The largest absolute Gasteiger partial charge is 0.478 e. The molecule has 4 aromatic rings. The van der Waals surface area contributed by atoms with Gasteiger partial charge < -0.3 is 14.6 Å². The van der Waals surface area contributed by atoms with Crippen LogP contribution in [0.4, 0.5) is 0 Å². The lowest BCUT2D eigenvalue weighted by atomic mass is 10.1. The van der Waals surface area contributed by atoms with Crippen LogP contribution < -0.4 is 4.74 Å². The molecule has 0 amide bonds. The molecule has 0 bridgehead atoms. The molecule has 0 fully saturated rings. The molecule has 0 aliphatic carbocycles. The monoisotopic (exact) mass is 389 g/mol. The molecular weight excluding hydrogens is 366 g/mol. The molecule has 4 rings (SSSR count). The van der Waals surface area contributed by atoms with Gasteiger partial charge in [-0.25, -0.2) is 0 Å². The number of aryl methyl sites for hydroxylation is 1. The van der Waals surface area contributed by atoms with E-state index in [1.807, 2.05) is 86.6 Å². The fourth-order valence-electron chi connectivity index (χ4n) is 3.18. The first-order chi connectivity index (χ1) is 14.2. The van der Waals surface area contributed by atoms with Crippen molar-refractivity contribution in [1.82, 2.24) is 15.0 Å². The van der Waals surface area contributed by atoms with Crippen LogP contribution in [0.15, 0.2) is 72.8 Å². The molecule has 0 aliphatic heterocycles. The van der Waals surface area contributed by atoms with Crippen molar-refractivity contribution in [2.45, 2.75) is 26.2 Å². The lowest BCUT2D eigenvalue weighted by Gasteiger charge is -2.25. The van der Waals surface area contributed by atoms with Crippen LogP contribution in [-0.4, -0.2) is 33.0 Å². The lowest BCUT2D eigenvalue weighted by molar-refractivity contribution is -0.152. The van der Waals surface area contributed by atoms with Crippen LogP contribution in [-0.2, 0) is 4.74 Å². The number of hydrogen-bond donors (Lipinski definition) is 1. The minimum atomic E-state index is -1.11. The van der Waals surface area contributed by atoms with E-state index in [4.69, 9.17) is 9.47 Å². The lowest BCUT2D eigenvalue weighted by Crippen LogP contribution is -2.27. The summed E-state index contributed by atoms with van der Waals surface area (Å²) in [4.78, 5) is 1.57. The molecule has 3 aromatic carbocycles. The quantitative estimate of drug-likeness (QED) is 0.480. The summed E-state index contributed by atoms with van der Waals surface area (Å²) in [7, 11) is 0. The summed E-state index contributed by atoms with van der Waals surface area (Å²) in [6, 6.07) is 23.0. The molecule has 29 heavy (non-hydrogen) atoms. The molecule has 0 radical (unpaired) electrons. The topological polar surface area (TPSA) is 69.4 Å². The number of rotatable bonds is 7. The molecule has 0 saturated heterocycles. The number of aliphatic hydroxyl groups is 1. The first kappa shape index (κ1) is 19.1. The maximum Gasteiger partial charge on any atom is 0.196 e. The second kappa shape index (κ2) is 8.43. The van der Waals surface area contributed by atoms with E-state index in [-0.39, 0.29) is 0 Å². The number of hydrogen-bond acceptors (Lipinski definition) is 5. The highest BCUT2D eigenvalue weighted by Crippen LogP contribution is 2.31. The minimum absolute atomic E-state index is 0.376. The van der Waals surface area contributed by atoms with Crippen LogP contribution in [0.25, 0.3) is 16.7 Å². The highest BCUT2D eigenvalue weighted by molar-refractivity contribution is 5.73. The average Bonchev–Trinajstić information content (AvgIpc) is 3.17. The maximum atomic E-state index is 10.6. The Labute approximate surface area is 169 Å². The van der Waals surface area contributed by atoms with Crippen molar-refractivity contribution in [3.05, 3.63) is 83.9 Å². The van der Waals surface area contributed by atoms with Gasteiger partial charge in [-0.2, -0.15) is 0 Å². The Bertz CT molecular complexity index is 1060. The van der Waals surface area contributed by atoms with Crippen LogP contribution in [0.1, 0.15) is 24.2 Å². The van der Waals surface area contributed by atoms with Crippen LogP contribution in [0, 0.1) is 6.92 Å². The van der Waals surface area contributed by atoms with Crippen LogP contribution in [0.5, 0.6) is 5.75 Å². The van der Waals surface area contributed by atoms with Gasteiger partial charge in [-0.05, 0) is 49.2 Å². The van der Waals surface area contributed by atoms with E-state index in [1.54, 1.807) is 4.80 Å². The van der Waals surface area contributed by atoms with Gasteiger partial charge in [0.2, 0.25) is 0 Å². The van der Waals surface area contributed by atoms with E-state index in [0.29, 0.717) is 18.0 Å². The van der Waals surface area contributed by atoms with Crippen molar-refractivity contribution in [1.29, 1.82) is 0 Å². The van der Waals surface area contributed by atoms with Gasteiger partial charge in [-0.15, -0.1) is 15.0 Å². The molecule has 0 aliphatic rings. The molecular formula is C23H23N3O3. The molecule has 1 heterocycles. The zero-order chi connectivity index (χ0) is 20.2. The van der Waals surface area contributed by atoms with Gasteiger partial charge in [0.05, 0.1) is 0 Å². The van der Waals surface area contributed by atoms with Gasteiger partial charge >= 0.3 is 0 Å². The Morgan fingerprint density at radius 1 is 0.931 bits per heavy atom. The average molecular weight is 389 g/mol. The first-order valence-corrected chi connectivity index (χ1v) is 9.60. The Morgan fingerprint density at radius 2 is 1.59 bits per heavy atom. The summed E-state index contributed by atoms with van der Waals surface area (Å²) >= 11 is 0. The number of ether oxygens (including phenoxy) is 2. The summed E-state index contributed by atoms with van der Waals surface area (Å²) in [5.41, 5.74) is 4.17. The van der Waals surface area contributed by atoms with Gasteiger partial charge in [0.25, 0.3) is 0 Å². The highest BCUT2D eigenvalue weighted by atomic mass is 16.6. The van der Waals surface area contributed by atoms with E-state index in [1.165, 1.54) is 0 Å². The van der Waals surface area contributed by atoms with Gasteiger partial charge in [0.15, 0.2) is 12.4 Å². The van der Waals surface area contributed by atoms with E-state index < -0.39 is 12.4 Å². The highest BCUT2D eigenvalue weighted by Gasteiger charge is 2.25. The number of benzene rings is 3. The van der Waals surface area contributed by atoms with Crippen molar-refractivity contribution in [2.75, 3.05) is 6.61 Å². The van der Waals surface area contributed by atoms with Crippen LogP contribution >= 0.6 is 0 Å². The van der Waals surface area contributed by atoms with Crippen molar-refractivity contribution in [3.63, 3.8) is 0 Å². The third-order valence-corrected chi connectivity index (χ3v) is 4.60. The molecule has 2 atom stereocenters. The van der Waals surface area contributed by atoms with Gasteiger partial charge in [0, 0.05) is 6.61 Å². The van der Waals surface area contributed by atoms with Crippen LogP contribution in [0.2, 0.25) is 0 Å². The standard InChI is InChI=1S/C23H23N3O3/c1-3-28-23(27)22(17-9-5-4-6-10-17)29-21-14-13-16(2)15-20(21)26-24-18-11-7-8-12-19(18)25-26/h4-15,22-23,27H,3H2,1-2H3. The third kappa shape index (κ3) is 4.13. The van der Waals surface area contributed by atoms with Crippen molar-refractivity contribution in [3.8, 4) is 11.4 Å². The Kier molecular flexibility index (Phi) is 5.55. The molecule has 1 N–H and O–H groups in total. The molecule has 0 spiro atoms. The Morgan fingerprint density at radius 3 is 2.24 bits per heavy atom. The molecule has 6 nitrogen and oxygen atoms in total. The van der Waals surface area contributed by atoms with Gasteiger partial charge in [-0.3, -0.25) is 0 Å². The zero-order valence-electron chi connectivity index (χ0n) is 16.4.